The van der Waals surface area contributed by atoms with E-state index in [1.54, 1.807) is 37.4 Å². The first-order chi connectivity index (χ1) is 14.0. The first-order valence-electron chi connectivity index (χ1n) is 8.56. The van der Waals surface area contributed by atoms with Crippen molar-refractivity contribution in [2.45, 2.75) is 13.1 Å². The largest absolute Gasteiger partial charge is 0.497 e. The number of nitrogens with zero attached hydrogens (tertiary/aromatic N) is 3. The summed E-state index contributed by atoms with van der Waals surface area (Å²) >= 11 is 5.98. The maximum Gasteiger partial charge on any atom is 0.420 e. The highest BCUT2D eigenvalue weighted by atomic mass is 35.5. The molecule has 0 spiro atoms. The van der Waals surface area contributed by atoms with E-state index in [2.05, 4.69) is 15.5 Å². The number of fused-ring (bicyclic) bond motifs is 1. The monoisotopic (exact) mass is 414 g/mol. The summed E-state index contributed by atoms with van der Waals surface area (Å²) in [6, 6.07) is 12.1. The highest BCUT2D eigenvalue weighted by Gasteiger charge is 2.17. The average molecular weight is 415 g/mol. The molecule has 148 valence electrons. The van der Waals surface area contributed by atoms with E-state index in [1.165, 1.54) is 4.57 Å². The van der Waals surface area contributed by atoms with Gasteiger partial charge in [-0.05, 0) is 35.9 Å². The van der Waals surface area contributed by atoms with Crippen LogP contribution in [0.25, 0.3) is 11.1 Å². The van der Waals surface area contributed by atoms with Crippen LogP contribution in [0.3, 0.4) is 0 Å². The molecule has 0 atom stereocenters. The minimum atomic E-state index is -0.586. The molecule has 10 heteroatoms. The number of aromatic nitrogens is 3. The quantitative estimate of drug-likeness (QED) is 0.516. The molecular weight excluding hydrogens is 400 g/mol. The number of rotatable bonds is 6. The Balaban J connectivity index is 1.45. The van der Waals surface area contributed by atoms with Gasteiger partial charge in [0, 0.05) is 11.6 Å². The Bertz CT molecular complexity index is 1230. The molecule has 0 bridgehead atoms. The highest BCUT2D eigenvalue weighted by Crippen LogP contribution is 2.19. The van der Waals surface area contributed by atoms with E-state index in [4.69, 9.17) is 25.3 Å². The van der Waals surface area contributed by atoms with Crippen molar-refractivity contribution in [2.75, 3.05) is 7.11 Å². The third kappa shape index (κ3) is 3.99. The molecule has 0 aliphatic carbocycles. The second-order valence-corrected chi connectivity index (χ2v) is 6.55. The van der Waals surface area contributed by atoms with Gasteiger partial charge in [0.25, 0.3) is 0 Å². The van der Waals surface area contributed by atoms with Gasteiger partial charge in [0.05, 0.1) is 19.2 Å². The summed E-state index contributed by atoms with van der Waals surface area (Å²) in [6.45, 7) is 0.256. The van der Waals surface area contributed by atoms with Crippen molar-refractivity contribution in [3.05, 3.63) is 75.3 Å². The van der Waals surface area contributed by atoms with Crippen LogP contribution >= 0.6 is 11.6 Å². The number of amides is 1. The number of hydrogen-bond donors (Lipinski definition) is 1. The third-order valence-electron chi connectivity index (χ3n) is 4.20. The molecule has 0 saturated carbocycles. The summed E-state index contributed by atoms with van der Waals surface area (Å²) in [6.07, 6.45) is 0. The van der Waals surface area contributed by atoms with Gasteiger partial charge in [-0.1, -0.05) is 28.9 Å². The van der Waals surface area contributed by atoms with Crippen molar-refractivity contribution in [1.29, 1.82) is 0 Å². The summed E-state index contributed by atoms with van der Waals surface area (Å²) in [5.74, 6) is -0.425. The number of hydrogen-bond acceptors (Lipinski definition) is 7. The van der Waals surface area contributed by atoms with Gasteiger partial charge >= 0.3 is 17.6 Å². The molecule has 4 aromatic rings. The molecule has 0 radical (unpaired) electrons. The number of methoxy groups -OCH3 is 1. The first kappa shape index (κ1) is 18.8. The van der Waals surface area contributed by atoms with E-state index in [-0.39, 0.29) is 24.8 Å². The van der Waals surface area contributed by atoms with Crippen molar-refractivity contribution in [3.8, 4) is 5.75 Å². The Labute approximate surface area is 168 Å². The van der Waals surface area contributed by atoms with Crippen molar-refractivity contribution >= 4 is 28.6 Å². The molecule has 0 aliphatic heterocycles. The first-order valence-corrected chi connectivity index (χ1v) is 8.94. The second-order valence-electron chi connectivity index (χ2n) is 6.11. The predicted octanol–water partition coefficient (Wildman–Crippen LogP) is 2.62. The van der Waals surface area contributed by atoms with Crippen LogP contribution in [0, 0.1) is 0 Å². The molecule has 2 aromatic carbocycles. The van der Waals surface area contributed by atoms with Crippen LogP contribution in [-0.4, -0.2) is 27.7 Å². The van der Waals surface area contributed by atoms with E-state index >= 15 is 0 Å². The number of carbonyl (C=O) groups excluding carboxylic acids is 1. The standard InChI is InChI=1S/C19H15ClN4O5/c1-27-13-5-2-11(3-6-13)9-21-17(25)18-22-16(23-29-18)10-24-14-8-12(20)4-7-15(14)28-19(24)26/h2-8H,9-10H2,1H3,(H,21,25). The summed E-state index contributed by atoms with van der Waals surface area (Å²) < 4.78 is 16.6. The van der Waals surface area contributed by atoms with Crippen molar-refractivity contribution in [2.24, 2.45) is 0 Å². The topological polar surface area (TPSA) is 112 Å². The molecule has 2 aromatic heterocycles. The Hall–Kier alpha value is -3.59. The zero-order valence-corrected chi connectivity index (χ0v) is 16.0. The molecule has 0 unspecified atom stereocenters. The zero-order chi connectivity index (χ0) is 20.4. The maximum atomic E-state index is 12.2. The molecule has 2 heterocycles. The smallest absolute Gasteiger partial charge is 0.420 e. The fourth-order valence-electron chi connectivity index (χ4n) is 2.74. The summed E-state index contributed by atoms with van der Waals surface area (Å²) in [5.41, 5.74) is 1.77. The number of oxazole rings is 1. The number of carbonyl (C=O) groups is 1. The molecule has 0 fully saturated rings. The van der Waals surface area contributed by atoms with Crippen molar-refractivity contribution in [1.82, 2.24) is 20.0 Å². The number of nitrogens with one attached hydrogen (secondary N) is 1. The predicted molar refractivity (Wildman–Crippen MR) is 103 cm³/mol. The van der Waals surface area contributed by atoms with Gasteiger partial charge in [0.15, 0.2) is 11.4 Å². The lowest BCUT2D eigenvalue weighted by atomic mass is 10.2. The molecule has 0 saturated heterocycles. The van der Waals surface area contributed by atoms with Crippen LogP contribution in [0.4, 0.5) is 0 Å². The highest BCUT2D eigenvalue weighted by molar-refractivity contribution is 6.31. The van der Waals surface area contributed by atoms with Crippen LogP contribution in [0.2, 0.25) is 5.02 Å². The normalized spacial score (nSPS) is 11.0. The van der Waals surface area contributed by atoms with E-state index in [1.807, 2.05) is 12.1 Å². The van der Waals surface area contributed by atoms with Crippen molar-refractivity contribution < 1.29 is 18.5 Å². The van der Waals surface area contributed by atoms with Crippen LogP contribution < -0.4 is 15.8 Å². The third-order valence-corrected chi connectivity index (χ3v) is 4.44. The lowest BCUT2D eigenvalue weighted by Gasteiger charge is -2.04. The Morgan fingerprint density at radius 3 is 2.79 bits per heavy atom. The van der Waals surface area contributed by atoms with Crippen LogP contribution in [0.5, 0.6) is 5.75 Å². The molecule has 0 aliphatic rings. The fraction of sp³-hybridized carbons (Fsp3) is 0.158. The average Bonchev–Trinajstić information content (AvgIpc) is 3.32. The number of ether oxygens (including phenoxy) is 1. The van der Waals surface area contributed by atoms with Gasteiger partial charge in [-0.25, -0.2) is 4.79 Å². The molecule has 29 heavy (non-hydrogen) atoms. The molecule has 4 rings (SSSR count). The maximum absolute atomic E-state index is 12.2. The zero-order valence-electron chi connectivity index (χ0n) is 15.2. The van der Waals surface area contributed by atoms with E-state index in [0.29, 0.717) is 16.1 Å². The van der Waals surface area contributed by atoms with Crippen molar-refractivity contribution in [3.63, 3.8) is 0 Å². The fourth-order valence-corrected chi connectivity index (χ4v) is 2.90. The van der Waals surface area contributed by atoms with E-state index in [9.17, 15) is 9.59 Å². The van der Waals surface area contributed by atoms with Gasteiger partial charge in [0.2, 0.25) is 0 Å². The Morgan fingerprint density at radius 2 is 2.03 bits per heavy atom. The summed E-state index contributed by atoms with van der Waals surface area (Å²) in [5, 5.41) is 6.91. The van der Waals surface area contributed by atoms with Gasteiger partial charge in [-0.15, -0.1) is 0 Å². The summed E-state index contributed by atoms with van der Waals surface area (Å²) in [4.78, 5) is 28.4. The van der Waals surface area contributed by atoms with Gasteiger partial charge in [0.1, 0.15) is 5.75 Å². The second kappa shape index (κ2) is 7.80. The molecular formula is C19H15ClN4O5. The lowest BCUT2D eigenvalue weighted by Crippen LogP contribution is -2.23. The van der Waals surface area contributed by atoms with Crippen LogP contribution in [0.15, 0.2) is 56.2 Å². The number of benzene rings is 2. The minimum Gasteiger partial charge on any atom is -0.497 e. The SMILES string of the molecule is COc1ccc(CNC(=O)c2nc(Cn3c(=O)oc4ccc(Cl)cc43)no2)cc1. The van der Waals surface area contributed by atoms with Crippen LogP contribution in [0.1, 0.15) is 22.1 Å². The molecule has 1 amide bonds. The van der Waals surface area contributed by atoms with Gasteiger partial charge in [-0.3, -0.25) is 9.36 Å². The van der Waals surface area contributed by atoms with Gasteiger partial charge < -0.3 is 19.0 Å². The van der Waals surface area contributed by atoms with E-state index < -0.39 is 11.7 Å². The molecule has 9 nitrogen and oxygen atoms in total. The lowest BCUT2D eigenvalue weighted by molar-refractivity contribution is 0.0907. The number of halogens is 1. The minimum absolute atomic E-state index is 0.0264. The Kier molecular flexibility index (Phi) is 5.05. The van der Waals surface area contributed by atoms with Gasteiger partial charge in [-0.2, -0.15) is 4.98 Å². The molecule has 1 N–H and O–H groups in total. The summed E-state index contributed by atoms with van der Waals surface area (Å²) in [7, 11) is 1.58. The van der Waals surface area contributed by atoms with E-state index in [0.717, 1.165) is 11.3 Å². The Morgan fingerprint density at radius 1 is 1.24 bits per heavy atom. The van der Waals surface area contributed by atoms with Crippen LogP contribution in [-0.2, 0) is 13.1 Å².